The van der Waals surface area contributed by atoms with Crippen LogP contribution in [0.5, 0.6) is 5.88 Å². The van der Waals surface area contributed by atoms with Crippen molar-refractivity contribution in [3.05, 3.63) is 101 Å². The average Bonchev–Trinajstić information content (AvgIpc) is 3.36. The summed E-state index contributed by atoms with van der Waals surface area (Å²) in [4.78, 5) is 19.3. The van der Waals surface area contributed by atoms with Crippen LogP contribution in [0.25, 0.3) is 32.5 Å². The van der Waals surface area contributed by atoms with Gasteiger partial charge in [0.1, 0.15) is 22.9 Å². The number of aromatic nitrogens is 2. The summed E-state index contributed by atoms with van der Waals surface area (Å²) in [6.07, 6.45) is -5.74. The van der Waals surface area contributed by atoms with Gasteiger partial charge in [0.15, 0.2) is 0 Å². The first-order chi connectivity index (χ1) is 19.1. The van der Waals surface area contributed by atoms with E-state index in [0.717, 1.165) is 28.8 Å². The molecule has 0 aliphatic rings. The number of thiophene rings is 1. The molecule has 0 aliphatic heterocycles. The number of benzene rings is 3. The quantitative estimate of drug-likeness (QED) is 0.182. The second-order valence-corrected chi connectivity index (χ2v) is 9.90. The molecule has 0 bridgehead atoms. The lowest BCUT2D eigenvalue weighted by atomic mass is 10.0. The Morgan fingerprint density at radius 3 is 2.29 bits per heavy atom. The number of carbonyl (C=O) groups is 1. The molecule has 0 aliphatic carbocycles. The van der Waals surface area contributed by atoms with E-state index in [1.54, 1.807) is 35.7 Å². The van der Waals surface area contributed by atoms with Crippen LogP contribution in [0, 0.1) is 5.82 Å². The number of nitrogens with two attached hydrogens (primary N) is 1. The molecule has 5 rings (SSSR count). The molecule has 5 aromatic rings. The third-order valence-corrected chi connectivity index (χ3v) is 7.21. The van der Waals surface area contributed by atoms with Crippen LogP contribution in [0.3, 0.4) is 0 Å². The van der Waals surface area contributed by atoms with Crippen molar-refractivity contribution >= 4 is 39.9 Å². The Hall–Kier alpha value is -4.06. The first kappa shape index (κ1) is 29.9. The lowest BCUT2D eigenvalue weighted by Crippen LogP contribution is -2.32. The highest BCUT2D eigenvalue weighted by molar-refractivity contribution is 7.18. The number of carboxylic acids is 1. The highest BCUT2D eigenvalue weighted by Gasteiger charge is 2.43. The van der Waals surface area contributed by atoms with Gasteiger partial charge in [0.05, 0.1) is 5.52 Å². The maximum atomic E-state index is 14.2. The standard InChI is InChI=1S/C29H21F4N3O3S.ClH/c30-21-3-1-2-20(13-21)17-8-10-19(11-9-17)26(29(31,32)33)39-27-25-24(35-15-36-27)22(14-40-25)18-6-4-16(5-7-18)12-23(34)28(37)38;/h1-11,13-15,23,26H,12,34H2,(H,37,38);1H/t23-,26?;/m0./s1. The number of aliphatic carboxylic acids is 1. The lowest BCUT2D eigenvalue weighted by molar-refractivity contribution is -0.198. The maximum Gasteiger partial charge on any atom is 0.429 e. The fourth-order valence-electron chi connectivity index (χ4n) is 4.23. The van der Waals surface area contributed by atoms with Gasteiger partial charge in [-0.2, -0.15) is 13.2 Å². The van der Waals surface area contributed by atoms with Gasteiger partial charge in [-0.3, -0.25) is 4.79 Å². The van der Waals surface area contributed by atoms with Gasteiger partial charge in [-0.15, -0.1) is 23.7 Å². The molecule has 1 unspecified atom stereocenters. The molecule has 3 aromatic carbocycles. The second-order valence-electron chi connectivity index (χ2n) is 9.02. The van der Waals surface area contributed by atoms with Crippen molar-refractivity contribution in [2.75, 3.05) is 0 Å². The Bertz CT molecular complexity index is 1660. The third-order valence-electron chi connectivity index (χ3n) is 6.26. The van der Waals surface area contributed by atoms with Crippen LogP contribution >= 0.6 is 23.7 Å². The minimum absolute atomic E-state index is 0. The van der Waals surface area contributed by atoms with Crippen molar-refractivity contribution in [2.45, 2.75) is 24.7 Å². The number of alkyl halides is 3. The minimum Gasteiger partial charge on any atom is -0.480 e. The molecule has 2 aromatic heterocycles. The lowest BCUT2D eigenvalue weighted by Gasteiger charge is -2.22. The Morgan fingerprint density at radius 1 is 0.976 bits per heavy atom. The molecular formula is C29H22ClF4N3O3S. The zero-order valence-electron chi connectivity index (χ0n) is 21.0. The number of carboxylic acid groups (broad SMARTS) is 1. The summed E-state index contributed by atoms with van der Waals surface area (Å²) in [6, 6.07) is 17.4. The molecule has 41 heavy (non-hydrogen) atoms. The van der Waals surface area contributed by atoms with Gasteiger partial charge < -0.3 is 15.6 Å². The van der Waals surface area contributed by atoms with Gasteiger partial charge in [-0.1, -0.05) is 60.7 Å². The normalized spacial score (nSPS) is 12.9. The fraction of sp³-hybridized carbons (Fsp3) is 0.138. The predicted molar refractivity (Wildman–Crippen MR) is 151 cm³/mol. The molecule has 2 heterocycles. The molecule has 3 N–H and O–H groups in total. The van der Waals surface area contributed by atoms with E-state index in [2.05, 4.69) is 9.97 Å². The molecule has 2 atom stereocenters. The summed E-state index contributed by atoms with van der Waals surface area (Å²) in [5.74, 6) is -1.75. The largest absolute Gasteiger partial charge is 0.480 e. The summed E-state index contributed by atoms with van der Waals surface area (Å²) < 4.78 is 61.9. The molecule has 0 amide bonds. The fourth-order valence-corrected chi connectivity index (χ4v) is 5.19. The number of hydrogen-bond donors (Lipinski definition) is 2. The van der Waals surface area contributed by atoms with E-state index < -0.39 is 30.1 Å². The highest BCUT2D eigenvalue weighted by Crippen LogP contribution is 2.42. The van der Waals surface area contributed by atoms with Gasteiger partial charge in [-0.25, -0.2) is 14.4 Å². The van der Waals surface area contributed by atoms with Crippen molar-refractivity contribution in [3.8, 4) is 28.1 Å². The predicted octanol–water partition coefficient (Wildman–Crippen LogP) is 7.22. The van der Waals surface area contributed by atoms with E-state index in [0.29, 0.717) is 26.9 Å². The van der Waals surface area contributed by atoms with E-state index >= 15 is 0 Å². The topological polar surface area (TPSA) is 98.3 Å². The summed E-state index contributed by atoms with van der Waals surface area (Å²) in [6.45, 7) is 0. The number of nitrogens with zero attached hydrogens (tertiary/aromatic N) is 2. The Labute approximate surface area is 241 Å². The van der Waals surface area contributed by atoms with Crippen molar-refractivity contribution in [1.82, 2.24) is 9.97 Å². The number of rotatable bonds is 8. The van der Waals surface area contributed by atoms with E-state index in [4.69, 9.17) is 15.6 Å². The second kappa shape index (κ2) is 12.2. The van der Waals surface area contributed by atoms with E-state index in [-0.39, 0.29) is 30.3 Å². The smallest absolute Gasteiger partial charge is 0.429 e. The monoisotopic (exact) mass is 603 g/mol. The molecule has 0 saturated heterocycles. The van der Waals surface area contributed by atoms with Gasteiger partial charge in [0.2, 0.25) is 12.0 Å². The van der Waals surface area contributed by atoms with Crippen LogP contribution < -0.4 is 10.5 Å². The van der Waals surface area contributed by atoms with Crippen LogP contribution in [-0.4, -0.2) is 33.3 Å². The number of ether oxygens (including phenoxy) is 1. The van der Waals surface area contributed by atoms with Gasteiger partial charge in [0, 0.05) is 16.5 Å². The zero-order chi connectivity index (χ0) is 28.4. The molecule has 12 heteroatoms. The highest BCUT2D eigenvalue weighted by atomic mass is 35.5. The molecule has 0 spiro atoms. The first-order valence-electron chi connectivity index (χ1n) is 12.0. The summed E-state index contributed by atoms with van der Waals surface area (Å²) in [5, 5.41) is 10.8. The number of halogens is 5. The molecule has 0 fully saturated rings. The van der Waals surface area contributed by atoms with Crippen LogP contribution in [0.4, 0.5) is 17.6 Å². The van der Waals surface area contributed by atoms with Crippen molar-refractivity contribution in [1.29, 1.82) is 0 Å². The summed E-state index contributed by atoms with van der Waals surface area (Å²) in [5.41, 5.74) is 9.13. The molecule has 0 radical (unpaired) electrons. The first-order valence-corrected chi connectivity index (χ1v) is 12.9. The van der Waals surface area contributed by atoms with Gasteiger partial charge in [-0.05, 0) is 40.8 Å². The summed E-state index contributed by atoms with van der Waals surface area (Å²) >= 11 is 1.15. The summed E-state index contributed by atoms with van der Waals surface area (Å²) in [7, 11) is 0. The van der Waals surface area contributed by atoms with Gasteiger partial charge >= 0.3 is 12.1 Å². The van der Waals surface area contributed by atoms with Gasteiger partial charge in [0.25, 0.3) is 0 Å². The van der Waals surface area contributed by atoms with Crippen molar-refractivity contribution < 1.29 is 32.2 Å². The maximum absolute atomic E-state index is 14.2. The van der Waals surface area contributed by atoms with Crippen LogP contribution in [0.2, 0.25) is 0 Å². The Balaban J connectivity index is 0.00000387. The van der Waals surface area contributed by atoms with Crippen LogP contribution in [-0.2, 0) is 11.2 Å². The van der Waals surface area contributed by atoms with Crippen LogP contribution in [0.15, 0.2) is 84.5 Å². The average molecular weight is 604 g/mol. The van der Waals surface area contributed by atoms with Crippen molar-refractivity contribution in [3.63, 3.8) is 0 Å². The van der Waals surface area contributed by atoms with E-state index in [9.17, 15) is 22.4 Å². The van der Waals surface area contributed by atoms with E-state index in [1.165, 1.54) is 42.5 Å². The van der Waals surface area contributed by atoms with Crippen LogP contribution in [0.1, 0.15) is 17.2 Å². The Morgan fingerprint density at radius 2 is 1.66 bits per heavy atom. The number of hydrogen-bond acceptors (Lipinski definition) is 6. The number of fused-ring (bicyclic) bond motifs is 1. The molecule has 6 nitrogen and oxygen atoms in total. The van der Waals surface area contributed by atoms with E-state index in [1.807, 2.05) is 0 Å². The minimum atomic E-state index is -4.75. The molecule has 212 valence electrons. The zero-order valence-corrected chi connectivity index (χ0v) is 22.6. The molecular weight excluding hydrogens is 582 g/mol. The third kappa shape index (κ3) is 6.64. The Kier molecular flexibility index (Phi) is 8.91. The SMILES string of the molecule is Cl.N[C@@H](Cc1ccc(-c2csc3c(OC(c4ccc(-c5cccc(F)c5)cc4)C(F)(F)F)ncnc23)cc1)C(=O)O. The van der Waals surface area contributed by atoms with Crippen molar-refractivity contribution in [2.24, 2.45) is 5.73 Å². The molecule has 0 saturated carbocycles.